The van der Waals surface area contributed by atoms with Crippen LogP contribution in [0.1, 0.15) is 30.5 Å². The number of pyridine rings is 1. The van der Waals surface area contributed by atoms with Gasteiger partial charge in [-0.1, -0.05) is 23.4 Å². The lowest BCUT2D eigenvalue weighted by atomic mass is 10.2. The van der Waals surface area contributed by atoms with Crippen LogP contribution in [0.3, 0.4) is 0 Å². The number of ether oxygens (including phenoxy) is 1. The van der Waals surface area contributed by atoms with Gasteiger partial charge in [-0.3, -0.25) is 9.69 Å². The monoisotopic (exact) mass is 433 g/mol. The highest BCUT2D eigenvalue weighted by Crippen LogP contribution is 2.34. The molecule has 9 nitrogen and oxygen atoms in total. The van der Waals surface area contributed by atoms with Gasteiger partial charge in [-0.15, -0.1) is 0 Å². The van der Waals surface area contributed by atoms with Gasteiger partial charge in [0.25, 0.3) is 5.91 Å². The minimum atomic E-state index is -0.264. The fraction of sp³-hybridized carbons (Fsp3) is 0.304. The predicted molar refractivity (Wildman–Crippen MR) is 117 cm³/mol. The van der Waals surface area contributed by atoms with Gasteiger partial charge in [-0.2, -0.15) is 4.98 Å². The van der Waals surface area contributed by atoms with E-state index in [9.17, 15) is 4.79 Å². The first kappa shape index (κ1) is 20.3. The summed E-state index contributed by atoms with van der Waals surface area (Å²) in [6.45, 7) is 1.61. The van der Waals surface area contributed by atoms with E-state index in [1.165, 1.54) is 7.11 Å². The van der Waals surface area contributed by atoms with Crippen molar-refractivity contribution in [1.82, 2.24) is 20.0 Å². The summed E-state index contributed by atoms with van der Waals surface area (Å²) in [5.41, 5.74) is 1.61. The molecule has 164 valence electrons. The van der Waals surface area contributed by atoms with E-state index in [1.807, 2.05) is 18.2 Å². The second-order valence-electron chi connectivity index (χ2n) is 7.75. The van der Waals surface area contributed by atoms with Crippen molar-refractivity contribution in [2.45, 2.75) is 25.4 Å². The number of hydrogen-bond donors (Lipinski definition) is 1. The zero-order valence-electron chi connectivity index (χ0n) is 17.7. The van der Waals surface area contributed by atoms with E-state index in [1.54, 1.807) is 18.3 Å². The number of nitrogens with one attached hydrogen (secondary N) is 1. The van der Waals surface area contributed by atoms with Gasteiger partial charge in [0.1, 0.15) is 23.8 Å². The van der Waals surface area contributed by atoms with Crippen LogP contribution in [-0.4, -0.2) is 46.2 Å². The Hall–Kier alpha value is -3.56. The third kappa shape index (κ3) is 4.25. The molecule has 0 radical (unpaired) electrons. The Kier molecular flexibility index (Phi) is 5.66. The standard InChI is InChI=1S/C23H23N5O4/c1-30-14-21(29)25-20-9-8-16(12-24-20)22-26-23(32-27-22)18-6-4-10-28(18)13-17-11-15-5-2-3-7-19(15)31-17/h2-3,5,7-9,11-12,18H,4,6,10,13-14H2,1H3,(H,24,25,29). The first-order valence-electron chi connectivity index (χ1n) is 10.5. The number of para-hydroxylation sites is 1. The minimum absolute atomic E-state index is 0.0243. The highest BCUT2D eigenvalue weighted by Gasteiger charge is 2.31. The molecule has 0 aliphatic carbocycles. The Morgan fingerprint density at radius 1 is 1.28 bits per heavy atom. The number of methoxy groups -OCH3 is 1. The number of fused-ring (bicyclic) bond motifs is 1. The highest BCUT2D eigenvalue weighted by molar-refractivity contribution is 5.90. The number of carbonyl (C=O) groups excluding carboxylic acids is 1. The SMILES string of the molecule is COCC(=O)Nc1ccc(-c2noc(C3CCCN3Cc3cc4ccccc4o3)n2)cn1. The van der Waals surface area contributed by atoms with Crippen molar-refractivity contribution in [3.8, 4) is 11.4 Å². The van der Waals surface area contributed by atoms with Crippen LogP contribution >= 0.6 is 0 Å². The fourth-order valence-corrected chi connectivity index (χ4v) is 4.01. The van der Waals surface area contributed by atoms with Crippen LogP contribution in [0.4, 0.5) is 5.82 Å². The normalized spacial score (nSPS) is 16.6. The minimum Gasteiger partial charge on any atom is -0.460 e. The number of hydrogen-bond acceptors (Lipinski definition) is 8. The van der Waals surface area contributed by atoms with Crippen LogP contribution in [0.15, 0.2) is 57.6 Å². The van der Waals surface area contributed by atoms with Crippen LogP contribution in [0, 0.1) is 0 Å². The average Bonchev–Trinajstić information content (AvgIpc) is 3.53. The number of nitrogens with zero attached hydrogens (tertiary/aromatic N) is 4. The van der Waals surface area contributed by atoms with Crippen molar-refractivity contribution in [2.24, 2.45) is 0 Å². The van der Waals surface area contributed by atoms with Crippen LogP contribution in [0.25, 0.3) is 22.4 Å². The molecule has 1 fully saturated rings. The van der Waals surface area contributed by atoms with Gasteiger partial charge in [0.05, 0.1) is 12.6 Å². The largest absolute Gasteiger partial charge is 0.460 e. The molecule has 1 aliphatic rings. The van der Waals surface area contributed by atoms with E-state index in [4.69, 9.17) is 13.7 Å². The Labute approximate surface area is 184 Å². The lowest BCUT2D eigenvalue weighted by Gasteiger charge is -2.19. The smallest absolute Gasteiger partial charge is 0.251 e. The van der Waals surface area contributed by atoms with E-state index in [2.05, 4.69) is 37.5 Å². The molecule has 9 heteroatoms. The summed E-state index contributed by atoms with van der Waals surface area (Å²) >= 11 is 0. The van der Waals surface area contributed by atoms with Gasteiger partial charge >= 0.3 is 0 Å². The lowest BCUT2D eigenvalue weighted by Crippen LogP contribution is -2.22. The second-order valence-corrected chi connectivity index (χ2v) is 7.75. The Morgan fingerprint density at radius 2 is 2.19 bits per heavy atom. The zero-order chi connectivity index (χ0) is 21.9. The molecule has 1 saturated heterocycles. The molecule has 32 heavy (non-hydrogen) atoms. The number of amides is 1. The average molecular weight is 433 g/mol. The molecule has 1 aromatic carbocycles. The molecule has 3 aromatic heterocycles. The predicted octanol–water partition coefficient (Wildman–Crippen LogP) is 3.80. The maximum Gasteiger partial charge on any atom is 0.251 e. The summed E-state index contributed by atoms with van der Waals surface area (Å²) < 4.78 is 16.4. The zero-order valence-corrected chi connectivity index (χ0v) is 17.7. The molecule has 0 spiro atoms. The molecule has 1 N–H and O–H groups in total. The summed E-state index contributed by atoms with van der Waals surface area (Å²) in [7, 11) is 1.46. The molecule has 4 aromatic rings. The second kappa shape index (κ2) is 8.89. The van der Waals surface area contributed by atoms with Gasteiger partial charge in [-0.05, 0) is 43.7 Å². The van der Waals surface area contributed by atoms with Crippen LogP contribution < -0.4 is 5.32 Å². The fourth-order valence-electron chi connectivity index (χ4n) is 4.01. The number of rotatable bonds is 7. The summed E-state index contributed by atoms with van der Waals surface area (Å²) in [5, 5.41) is 7.90. The first-order valence-corrected chi connectivity index (χ1v) is 10.5. The van der Waals surface area contributed by atoms with E-state index in [-0.39, 0.29) is 18.6 Å². The van der Waals surface area contributed by atoms with Gasteiger partial charge < -0.3 is 19.0 Å². The van der Waals surface area contributed by atoms with Crippen molar-refractivity contribution >= 4 is 22.7 Å². The van der Waals surface area contributed by atoms with Gasteiger partial charge in [0.15, 0.2) is 0 Å². The van der Waals surface area contributed by atoms with Crippen LogP contribution in [0.2, 0.25) is 0 Å². The molecule has 0 bridgehead atoms. The number of aromatic nitrogens is 3. The van der Waals surface area contributed by atoms with Gasteiger partial charge in [0, 0.05) is 24.3 Å². The number of benzene rings is 1. The Morgan fingerprint density at radius 3 is 3.00 bits per heavy atom. The van der Waals surface area contributed by atoms with Gasteiger partial charge in [0.2, 0.25) is 11.7 Å². The van der Waals surface area contributed by atoms with Crippen molar-refractivity contribution in [2.75, 3.05) is 25.6 Å². The Bertz CT molecular complexity index is 1180. The molecule has 1 aliphatic heterocycles. The maximum absolute atomic E-state index is 11.6. The molecule has 5 rings (SSSR count). The van der Waals surface area contributed by atoms with Crippen molar-refractivity contribution in [3.05, 3.63) is 60.3 Å². The third-order valence-corrected chi connectivity index (χ3v) is 5.49. The number of carbonyl (C=O) groups is 1. The van der Waals surface area contributed by atoms with Crippen molar-refractivity contribution < 1.29 is 18.5 Å². The Balaban J connectivity index is 1.28. The summed E-state index contributed by atoms with van der Waals surface area (Å²) in [4.78, 5) is 22.8. The highest BCUT2D eigenvalue weighted by atomic mass is 16.5. The summed E-state index contributed by atoms with van der Waals surface area (Å²) in [5.74, 6) is 2.16. The topological polar surface area (TPSA) is 107 Å². The summed E-state index contributed by atoms with van der Waals surface area (Å²) in [6, 6.07) is 13.6. The van der Waals surface area contributed by atoms with E-state index < -0.39 is 0 Å². The van der Waals surface area contributed by atoms with Crippen molar-refractivity contribution in [1.29, 1.82) is 0 Å². The quantitative estimate of drug-likeness (QED) is 0.469. The van der Waals surface area contributed by atoms with Gasteiger partial charge in [-0.25, -0.2) is 4.98 Å². The molecular formula is C23H23N5O4. The molecule has 1 atom stereocenters. The molecule has 1 unspecified atom stereocenters. The first-order chi connectivity index (χ1) is 15.7. The maximum atomic E-state index is 11.6. The number of anilines is 1. The summed E-state index contributed by atoms with van der Waals surface area (Å²) in [6.07, 6.45) is 3.61. The molecule has 1 amide bonds. The third-order valence-electron chi connectivity index (χ3n) is 5.49. The van der Waals surface area contributed by atoms with E-state index >= 15 is 0 Å². The molecule has 0 saturated carbocycles. The van der Waals surface area contributed by atoms with Crippen LogP contribution in [-0.2, 0) is 16.1 Å². The van der Waals surface area contributed by atoms with E-state index in [0.717, 1.165) is 36.1 Å². The number of likely N-dealkylation sites (tertiary alicyclic amines) is 1. The van der Waals surface area contributed by atoms with E-state index in [0.29, 0.717) is 29.6 Å². The molecule has 4 heterocycles. The lowest BCUT2D eigenvalue weighted by molar-refractivity contribution is -0.119. The van der Waals surface area contributed by atoms with Crippen molar-refractivity contribution in [3.63, 3.8) is 0 Å². The molecular weight excluding hydrogens is 410 g/mol. The number of furan rings is 1. The van der Waals surface area contributed by atoms with Crippen LogP contribution in [0.5, 0.6) is 0 Å².